The highest BCUT2D eigenvalue weighted by molar-refractivity contribution is 6.30. The van der Waals surface area contributed by atoms with Crippen molar-refractivity contribution in [2.75, 3.05) is 0 Å². The molecule has 2 unspecified atom stereocenters. The number of carbonyl (C=O) groups excluding carboxylic acids is 1. The van der Waals surface area contributed by atoms with Gasteiger partial charge in [-0.1, -0.05) is 36.7 Å². The molecule has 25 heavy (non-hydrogen) atoms. The number of esters is 1. The van der Waals surface area contributed by atoms with Gasteiger partial charge >= 0.3 is 5.97 Å². The van der Waals surface area contributed by atoms with Crippen LogP contribution in [0.1, 0.15) is 29.8 Å². The third-order valence-corrected chi connectivity index (χ3v) is 4.51. The van der Waals surface area contributed by atoms with E-state index in [4.69, 9.17) is 16.3 Å². The molecule has 0 heterocycles. The van der Waals surface area contributed by atoms with Crippen LogP contribution in [0.2, 0.25) is 5.02 Å². The molecule has 0 aliphatic carbocycles. The van der Waals surface area contributed by atoms with E-state index in [2.05, 4.69) is 6.58 Å². The van der Waals surface area contributed by atoms with Crippen LogP contribution in [0.5, 0.6) is 0 Å². The summed E-state index contributed by atoms with van der Waals surface area (Å²) in [5.41, 5.74) is -0.0244. The molecule has 0 bridgehead atoms. The van der Waals surface area contributed by atoms with Crippen LogP contribution in [0, 0.1) is 16.0 Å². The van der Waals surface area contributed by atoms with Gasteiger partial charge in [-0.25, -0.2) is 4.79 Å². The molecular weight excluding hydrogens is 342 g/mol. The van der Waals surface area contributed by atoms with E-state index in [1.165, 1.54) is 24.3 Å². The summed E-state index contributed by atoms with van der Waals surface area (Å²) in [4.78, 5) is 22.7. The second-order valence-corrected chi connectivity index (χ2v) is 6.27. The summed E-state index contributed by atoms with van der Waals surface area (Å²) >= 11 is 5.93. The number of carbonyl (C=O) groups is 1. The fourth-order valence-corrected chi connectivity index (χ4v) is 2.52. The fraction of sp³-hybridized carbons (Fsp3) is 0.211. The van der Waals surface area contributed by atoms with Gasteiger partial charge in [0.15, 0.2) is 0 Å². The lowest BCUT2D eigenvalue weighted by Crippen LogP contribution is -2.35. The van der Waals surface area contributed by atoms with Crippen molar-refractivity contribution in [2.24, 2.45) is 5.92 Å². The largest absolute Gasteiger partial charge is 0.450 e. The molecular formula is C19H18ClNO4. The van der Waals surface area contributed by atoms with Gasteiger partial charge in [0.1, 0.15) is 5.60 Å². The average Bonchev–Trinajstić information content (AvgIpc) is 2.61. The van der Waals surface area contributed by atoms with Gasteiger partial charge in [-0.05, 0) is 36.8 Å². The third kappa shape index (κ3) is 4.06. The van der Waals surface area contributed by atoms with Crippen molar-refractivity contribution in [3.05, 3.63) is 87.4 Å². The lowest BCUT2D eigenvalue weighted by atomic mass is 9.83. The first-order valence-electron chi connectivity index (χ1n) is 7.64. The number of rotatable bonds is 6. The lowest BCUT2D eigenvalue weighted by Gasteiger charge is -2.34. The highest BCUT2D eigenvalue weighted by Crippen LogP contribution is 2.35. The van der Waals surface area contributed by atoms with Crippen molar-refractivity contribution in [1.82, 2.24) is 0 Å². The molecule has 2 rings (SSSR count). The number of nitrogens with zero attached hydrogens (tertiary/aromatic N) is 1. The van der Waals surface area contributed by atoms with Crippen LogP contribution in [0.25, 0.3) is 0 Å². The standard InChI is InChI=1S/C19H18ClNO4/c1-4-13(2)19(3,15-7-9-16(20)10-8-15)25-18(22)14-5-11-17(12-6-14)21(23)24/h4-13H,1H2,2-3H3. The number of nitro groups is 1. The Morgan fingerprint density at radius 2 is 1.80 bits per heavy atom. The van der Waals surface area contributed by atoms with E-state index in [0.717, 1.165) is 5.56 Å². The number of nitro benzene ring substituents is 1. The molecule has 0 aliphatic rings. The van der Waals surface area contributed by atoms with Gasteiger partial charge < -0.3 is 4.74 Å². The van der Waals surface area contributed by atoms with Crippen LogP contribution in [0.3, 0.4) is 0 Å². The first-order valence-corrected chi connectivity index (χ1v) is 8.02. The molecule has 6 heteroatoms. The number of hydrogen-bond donors (Lipinski definition) is 0. The van der Waals surface area contributed by atoms with Crippen LogP contribution in [0.15, 0.2) is 61.2 Å². The molecule has 0 aromatic heterocycles. The molecule has 0 aliphatic heterocycles. The predicted octanol–water partition coefficient (Wildman–Crippen LogP) is 5.14. The van der Waals surface area contributed by atoms with E-state index in [9.17, 15) is 14.9 Å². The maximum Gasteiger partial charge on any atom is 0.339 e. The second-order valence-electron chi connectivity index (χ2n) is 5.83. The summed E-state index contributed by atoms with van der Waals surface area (Å²) in [7, 11) is 0. The molecule has 2 atom stereocenters. The second kappa shape index (κ2) is 7.49. The summed E-state index contributed by atoms with van der Waals surface area (Å²) in [6.07, 6.45) is 1.71. The van der Waals surface area contributed by atoms with Crippen molar-refractivity contribution >= 4 is 23.3 Å². The van der Waals surface area contributed by atoms with E-state index in [1.54, 1.807) is 37.3 Å². The number of non-ortho nitro benzene ring substituents is 1. The SMILES string of the molecule is C=CC(C)C(C)(OC(=O)c1ccc([N+](=O)[O-])cc1)c1ccc(Cl)cc1. The van der Waals surface area contributed by atoms with Gasteiger partial charge in [0.05, 0.1) is 10.5 Å². The maximum absolute atomic E-state index is 12.5. The zero-order valence-corrected chi connectivity index (χ0v) is 14.7. The molecule has 0 saturated carbocycles. The number of benzene rings is 2. The van der Waals surface area contributed by atoms with Crippen LogP contribution in [-0.4, -0.2) is 10.9 Å². The first-order chi connectivity index (χ1) is 11.8. The Labute approximate surface area is 151 Å². The van der Waals surface area contributed by atoms with Gasteiger partial charge in [0.25, 0.3) is 5.69 Å². The van der Waals surface area contributed by atoms with Crippen LogP contribution < -0.4 is 0 Å². The molecule has 5 nitrogen and oxygen atoms in total. The summed E-state index contributed by atoms with van der Waals surface area (Å²) in [6, 6.07) is 12.3. The Kier molecular flexibility index (Phi) is 5.59. The quantitative estimate of drug-likeness (QED) is 0.310. The fourth-order valence-electron chi connectivity index (χ4n) is 2.39. The van der Waals surface area contributed by atoms with Crippen molar-refractivity contribution in [3.8, 4) is 0 Å². The molecule has 0 saturated heterocycles. The summed E-state index contributed by atoms with van der Waals surface area (Å²) in [5, 5.41) is 11.3. The minimum Gasteiger partial charge on any atom is -0.450 e. The normalized spacial score (nSPS) is 14.2. The molecule has 0 fully saturated rings. The number of hydrogen-bond acceptors (Lipinski definition) is 4. The van der Waals surface area contributed by atoms with E-state index in [1.807, 2.05) is 6.92 Å². The van der Waals surface area contributed by atoms with Crippen molar-refractivity contribution in [3.63, 3.8) is 0 Å². The highest BCUT2D eigenvalue weighted by atomic mass is 35.5. The molecule has 2 aromatic rings. The van der Waals surface area contributed by atoms with Crippen molar-refractivity contribution in [2.45, 2.75) is 19.4 Å². The molecule has 0 amide bonds. The topological polar surface area (TPSA) is 69.4 Å². The van der Waals surface area contributed by atoms with Gasteiger partial charge in [-0.15, -0.1) is 6.58 Å². The summed E-state index contributed by atoms with van der Waals surface area (Å²) in [5.74, 6) is -0.739. The number of halogens is 1. The first kappa shape index (κ1) is 18.7. The molecule has 0 N–H and O–H groups in total. The zero-order valence-electron chi connectivity index (χ0n) is 13.9. The lowest BCUT2D eigenvalue weighted by molar-refractivity contribution is -0.384. The van der Waals surface area contributed by atoms with Crippen LogP contribution >= 0.6 is 11.6 Å². The van der Waals surface area contributed by atoms with Crippen LogP contribution in [0.4, 0.5) is 5.69 Å². The smallest absolute Gasteiger partial charge is 0.339 e. The zero-order chi connectivity index (χ0) is 18.6. The predicted molar refractivity (Wildman–Crippen MR) is 96.7 cm³/mol. The van der Waals surface area contributed by atoms with Crippen molar-refractivity contribution < 1.29 is 14.5 Å². The third-order valence-electron chi connectivity index (χ3n) is 4.26. The molecule has 0 radical (unpaired) electrons. The van der Waals surface area contributed by atoms with E-state index in [0.29, 0.717) is 5.02 Å². The van der Waals surface area contributed by atoms with Gasteiger partial charge in [0, 0.05) is 23.1 Å². The Morgan fingerprint density at radius 1 is 1.24 bits per heavy atom. The summed E-state index contributed by atoms with van der Waals surface area (Å²) in [6.45, 7) is 7.48. The van der Waals surface area contributed by atoms with Gasteiger partial charge in [0.2, 0.25) is 0 Å². The van der Waals surface area contributed by atoms with Gasteiger partial charge in [-0.2, -0.15) is 0 Å². The monoisotopic (exact) mass is 359 g/mol. The van der Waals surface area contributed by atoms with E-state index in [-0.39, 0.29) is 17.2 Å². The Hall–Kier alpha value is -2.66. The minimum absolute atomic E-state index is 0.0866. The average molecular weight is 360 g/mol. The van der Waals surface area contributed by atoms with E-state index < -0.39 is 16.5 Å². The van der Waals surface area contributed by atoms with E-state index >= 15 is 0 Å². The molecule has 130 valence electrons. The molecule has 0 spiro atoms. The Morgan fingerprint density at radius 3 is 2.28 bits per heavy atom. The Bertz CT molecular complexity index is 786. The van der Waals surface area contributed by atoms with Gasteiger partial charge in [-0.3, -0.25) is 10.1 Å². The molecule has 2 aromatic carbocycles. The Balaban J connectivity index is 2.33. The number of ether oxygens (including phenoxy) is 1. The maximum atomic E-state index is 12.5. The minimum atomic E-state index is -0.953. The van der Waals surface area contributed by atoms with Crippen LogP contribution in [-0.2, 0) is 10.3 Å². The highest BCUT2D eigenvalue weighted by Gasteiger charge is 2.36. The summed E-state index contributed by atoms with van der Waals surface area (Å²) < 4.78 is 5.78. The van der Waals surface area contributed by atoms with Crippen molar-refractivity contribution in [1.29, 1.82) is 0 Å².